The number of rotatable bonds is 5. The highest BCUT2D eigenvalue weighted by Crippen LogP contribution is 2.21. The number of carboxylic acid groups (broad SMARTS) is 1. The van der Waals surface area contributed by atoms with Crippen molar-refractivity contribution in [2.45, 2.75) is 20.0 Å². The molecular weight excluding hydrogens is 282 g/mol. The third-order valence-corrected chi connectivity index (χ3v) is 3.17. The Balaban J connectivity index is 2.14. The number of ether oxygens (including phenoxy) is 1. The van der Waals surface area contributed by atoms with Gasteiger partial charge in [-0.1, -0.05) is 36.4 Å². The van der Waals surface area contributed by atoms with Crippen LogP contribution in [0.15, 0.2) is 48.5 Å². The Morgan fingerprint density at radius 1 is 1.09 bits per heavy atom. The van der Waals surface area contributed by atoms with E-state index in [-0.39, 0.29) is 11.3 Å². The van der Waals surface area contributed by atoms with E-state index >= 15 is 0 Å². The minimum absolute atomic E-state index is 0.0553. The minimum atomic E-state index is -1.34. The second-order valence-electron chi connectivity index (χ2n) is 4.85. The van der Waals surface area contributed by atoms with E-state index < -0.39 is 18.0 Å². The Morgan fingerprint density at radius 2 is 1.77 bits per heavy atom. The van der Waals surface area contributed by atoms with Crippen LogP contribution in [-0.2, 0) is 4.79 Å². The Morgan fingerprint density at radius 3 is 2.41 bits per heavy atom. The highest BCUT2D eigenvalue weighted by atomic mass is 16.5. The maximum absolute atomic E-state index is 12.2. The van der Waals surface area contributed by atoms with Crippen molar-refractivity contribution < 1.29 is 19.4 Å². The number of aryl methyl sites for hydroxylation is 1. The van der Waals surface area contributed by atoms with Gasteiger partial charge in [0.05, 0.1) is 11.7 Å². The number of nitrogens with one attached hydrogen (secondary N) is 1. The van der Waals surface area contributed by atoms with Crippen LogP contribution >= 0.6 is 0 Å². The monoisotopic (exact) mass is 298 g/mol. The van der Waals surface area contributed by atoms with Gasteiger partial charge in [0, 0.05) is 5.56 Å². The zero-order valence-corrected chi connectivity index (χ0v) is 12.3. The molecule has 114 valence electrons. The SMILES string of the molecule is Cc1cccc(C(=O)[O-])c1NC(=O)[C@H](C)Oc1ccccc1. The van der Waals surface area contributed by atoms with Gasteiger partial charge in [-0.25, -0.2) is 0 Å². The number of carbonyl (C=O) groups is 2. The molecule has 22 heavy (non-hydrogen) atoms. The van der Waals surface area contributed by atoms with Gasteiger partial charge in [-0.15, -0.1) is 0 Å². The molecule has 0 heterocycles. The molecule has 0 aliphatic heterocycles. The predicted octanol–water partition coefficient (Wildman–Crippen LogP) is 1.76. The molecule has 5 heteroatoms. The van der Waals surface area contributed by atoms with Crippen LogP contribution < -0.4 is 15.2 Å². The average Bonchev–Trinajstić information content (AvgIpc) is 2.49. The first kappa shape index (κ1) is 15.6. The van der Waals surface area contributed by atoms with E-state index in [1.165, 1.54) is 6.07 Å². The van der Waals surface area contributed by atoms with Gasteiger partial charge in [-0.3, -0.25) is 4.79 Å². The topological polar surface area (TPSA) is 78.5 Å². The van der Waals surface area contributed by atoms with Crippen LogP contribution in [0.3, 0.4) is 0 Å². The maximum atomic E-state index is 12.2. The Bertz CT molecular complexity index is 682. The first-order valence-corrected chi connectivity index (χ1v) is 6.82. The van der Waals surface area contributed by atoms with Crippen LogP contribution in [0.2, 0.25) is 0 Å². The normalized spacial score (nSPS) is 11.5. The standard InChI is InChI=1S/C17H17NO4/c1-11-7-6-10-14(17(20)21)15(11)18-16(19)12(2)22-13-8-4-3-5-9-13/h3-10,12H,1-2H3,(H,18,19)(H,20,21)/p-1/t12-/m0/s1. The lowest BCUT2D eigenvalue weighted by atomic mass is 10.1. The minimum Gasteiger partial charge on any atom is -0.545 e. The number of hydrogen-bond donors (Lipinski definition) is 1. The van der Waals surface area contributed by atoms with Crippen molar-refractivity contribution in [1.29, 1.82) is 0 Å². The molecule has 0 saturated heterocycles. The van der Waals surface area contributed by atoms with Gasteiger partial charge in [-0.05, 0) is 31.5 Å². The second-order valence-corrected chi connectivity index (χ2v) is 4.85. The van der Waals surface area contributed by atoms with Crippen molar-refractivity contribution in [2.75, 3.05) is 5.32 Å². The summed E-state index contributed by atoms with van der Waals surface area (Å²) >= 11 is 0. The van der Waals surface area contributed by atoms with Gasteiger partial charge >= 0.3 is 0 Å². The molecule has 1 amide bonds. The summed E-state index contributed by atoms with van der Waals surface area (Å²) in [6.45, 7) is 3.31. The first-order valence-electron chi connectivity index (χ1n) is 6.82. The van der Waals surface area contributed by atoms with Crippen molar-refractivity contribution >= 4 is 17.6 Å². The summed E-state index contributed by atoms with van der Waals surface area (Å²) in [5, 5.41) is 13.7. The zero-order chi connectivity index (χ0) is 16.1. The molecule has 2 aromatic rings. The van der Waals surface area contributed by atoms with Crippen LogP contribution in [-0.4, -0.2) is 18.0 Å². The van der Waals surface area contributed by atoms with Crippen LogP contribution in [0.25, 0.3) is 0 Å². The molecule has 0 aliphatic carbocycles. The molecule has 1 N–H and O–H groups in total. The number of amides is 1. The third-order valence-electron chi connectivity index (χ3n) is 3.17. The lowest BCUT2D eigenvalue weighted by Gasteiger charge is -2.18. The molecule has 0 spiro atoms. The molecule has 0 saturated carbocycles. The van der Waals surface area contributed by atoms with Crippen molar-refractivity contribution in [3.8, 4) is 5.75 Å². The number of benzene rings is 2. The fourth-order valence-corrected chi connectivity index (χ4v) is 1.99. The summed E-state index contributed by atoms with van der Waals surface area (Å²) in [6.07, 6.45) is -0.767. The van der Waals surface area contributed by atoms with Crippen LogP contribution in [0.4, 0.5) is 5.69 Å². The van der Waals surface area contributed by atoms with Gasteiger partial charge in [-0.2, -0.15) is 0 Å². The number of aromatic carboxylic acids is 1. The van der Waals surface area contributed by atoms with Crippen molar-refractivity contribution in [2.24, 2.45) is 0 Å². The van der Waals surface area contributed by atoms with Crippen LogP contribution in [0.1, 0.15) is 22.8 Å². The number of para-hydroxylation sites is 2. The van der Waals surface area contributed by atoms with E-state index in [4.69, 9.17) is 4.74 Å². The zero-order valence-electron chi connectivity index (χ0n) is 12.3. The predicted molar refractivity (Wildman–Crippen MR) is 80.7 cm³/mol. The number of hydrogen-bond acceptors (Lipinski definition) is 4. The van der Waals surface area contributed by atoms with E-state index in [2.05, 4.69) is 5.32 Å². The molecule has 0 unspecified atom stereocenters. The van der Waals surface area contributed by atoms with Crippen molar-refractivity contribution in [3.05, 3.63) is 59.7 Å². The lowest BCUT2D eigenvalue weighted by Crippen LogP contribution is -2.32. The van der Waals surface area contributed by atoms with E-state index in [0.717, 1.165) is 0 Å². The van der Waals surface area contributed by atoms with Gasteiger partial charge in [0.25, 0.3) is 5.91 Å². The van der Waals surface area contributed by atoms with Crippen LogP contribution in [0, 0.1) is 6.92 Å². The van der Waals surface area contributed by atoms with Gasteiger partial charge < -0.3 is 20.0 Å². The summed E-state index contributed by atoms with van der Waals surface area (Å²) in [6, 6.07) is 13.6. The van der Waals surface area contributed by atoms with E-state index in [1.807, 2.05) is 6.07 Å². The Hall–Kier alpha value is -2.82. The maximum Gasteiger partial charge on any atom is 0.265 e. The summed E-state index contributed by atoms with van der Waals surface area (Å²) < 4.78 is 5.51. The summed E-state index contributed by atoms with van der Waals surface area (Å²) in [4.78, 5) is 23.3. The van der Waals surface area contributed by atoms with E-state index in [9.17, 15) is 14.7 Å². The fourth-order valence-electron chi connectivity index (χ4n) is 1.99. The second kappa shape index (κ2) is 6.76. The average molecular weight is 298 g/mol. The number of carbonyl (C=O) groups excluding carboxylic acids is 2. The molecule has 5 nitrogen and oxygen atoms in total. The molecule has 1 atom stereocenters. The first-order chi connectivity index (χ1) is 10.5. The Kier molecular flexibility index (Phi) is 4.78. The van der Waals surface area contributed by atoms with Gasteiger partial charge in [0.15, 0.2) is 6.10 Å². The lowest BCUT2D eigenvalue weighted by molar-refractivity contribution is -0.254. The molecule has 0 aromatic heterocycles. The molecule has 2 aromatic carbocycles. The number of anilines is 1. The quantitative estimate of drug-likeness (QED) is 0.912. The van der Waals surface area contributed by atoms with Crippen LogP contribution in [0.5, 0.6) is 5.75 Å². The summed E-state index contributed by atoms with van der Waals surface area (Å²) in [5.74, 6) is -1.20. The highest BCUT2D eigenvalue weighted by Gasteiger charge is 2.17. The van der Waals surface area contributed by atoms with E-state index in [1.54, 1.807) is 50.2 Å². The third kappa shape index (κ3) is 3.63. The van der Waals surface area contributed by atoms with Gasteiger partial charge in [0.1, 0.15) is 5.75 Å². The smallest absolute Gasteiger partial charge is 0.265 e. The van der Waals surface area contributed by atoms with Gasteiger partial charge in [0.2, 0.25) is 0 Å². The van der Waals surface area contributed by atoms with Crippen molar-refractivity contribution in [3.63, 3.8) is 0 Å². The summed E-state index contributed by atoms with van der Waals surface area (Å²) in [5.41, 5.74) is 0.818. The van der Waals surface area contributed by atoms with Crippen molar-refractivity contribution in [1.82, 2.24) is 0 Å². The largest absolute Gasteiger partial charge is 0.545 e. The molecule has 0 bridgehead atoms. The Labute approximate surface area is 128 Å². The molecular formula is C17H16NO4-. The number of carboxylic acids is 1. The summed E-state index contributed by atoms with van der Waals surface area (Å²) in [7, 11) is 0. The molecule has 0 aliphatic rings. The molecule has 0 fully saturated rings. The van der Waals surface area contributed by atoms with E-state index in [0.29, 0.717) is 11.3 Å². The highest BCUT2D eigenvalue weighted by molar-refractivity contribution is 6.02. The fraction of sp³-hybridized carbons (Fsp3) is 0.176. The molecule has 2 rings (SSSR count). The molecule has 0 radical (unpaired) electrons.